The SMILES string of the molecule is COC(C)(C)CCC(O)C(C)(C)c1ccccc1. The van der Waals surface area contributed by atoms with Crippen molar-refractivity contribution in [2.24, 2.45) is 0 Å². The number of ether oxygens (including phenoxy) is 1. The standard InChI is InChI=1S/C16H26O2/c1-15(2,18-5)12-11-14(17)16(3,4)13-9-7-6-8-10-13/h6-10,14,17H,11-12H2,1-5H3. The minimum Gasteiger partial charge on any atom is -0.392 e. The fourth-order valence-corrected chi connectivity index (χ4v) is 2.01. The van der Waals surface area contributed by atoms with E-state index >= 15 is 0 Å². The molecule has 102 valence electrons. The van der Waals surface area contributed by atoms with Gasteiger partial charge in [-0.1, -0.05) is 44.2 Å². The van der Waals surface area contributed by atoms with Gasteiger partial charge in [0.25, 0.3) is 0 Å². The van der Waals surface area contributed by atoms with Gasteiger partial charge < -0.3 is 9.84 Å². The van der Waals surface area contributed by atoms with Crippen LogP contribution >= 0.6 is 0 Å². The minimum atomic E-state index is -0.366. The van der Waals surface area contributed by atoms with Crippen LogP contribution in [-0.4, -0.2) is 23.9 Å². The van der Waals surface area contributed by atoms with E-state index < -0.39 is 0 Å². The van der Waals surface area contributed by atoms with Crippen molar-refractivity contribution in [3.63, 3.8) is 0 Å². The summed E-state index contributed by atoms with van der Waals surface area (Å²) in [4.78, 5) is 0. The van der Waals surface area contributed by atoms with Gasteiger partial charge in [-0.15, -0.1) is 0 Å². The Hall–Kier alpha value is -0.860. The second kappa shape index (κ2) is 5.85. The van der Waals surface area contributed by atoms with Crippen molar-refractivity contribution >= 4 is 0 Å². The van der Waals surface area contributed by atoms with E-state index in [0.29, 0.717) is 0 Å². The summed E-state index contributed by atoms with van der Waals surface area (Å²) >= 11 is 0. The number of methoxy groups -OCH3 is 1. The molecule has 0 aliphatic carbocycles. The largest absolute Gasteiger partial charge is 0.392 e. The zero-order valence-corrected chi connectivity index (χ0v) is 12.2. The summed E-state index contributed by atoms with van der Waals surface area (Å²) in [7, 11) is 1.72. The molecule has 18 heavy (non-hydrogen) atoms. The van der Waals surface area contributed by atoms with Gasteiger partial charge in [0.05, 0.1) is 11.7 Å². The van der Waals surface area contributed by atoms with Crippen molar-refractivity contribution < 1.29 is 9.84 Å². The van der Waals surface area contributed by atoms with Gasteiger partial charge in [-0.25, -0.2) is 0 Å². The first-order valence-electron chi connectivity index (χ1n) is 6.58. The molecule has 0 saturated carbocycles. The lowest BCUT2D eigenvalue weighted by Gasteiger charge is -2.33. The quantitative estimate of drug-likeness (QED) is 0.837. The number of aliphatic hydroxyl groups excluding tert-OH is 1. The van der Waals surface area contributed by atoms with Gasteiger partial charge in [-0.3, -0.25) is 0 Å². The first-order chi connectivity index (χ1) is 8.29. The van der Waals surface area contributed by atoms with E-state index in [1.807, 2.05) is 18.2 Å². The summed E-state index contributed by atoms with van der Waals surface area (Å²) in [6.45, 7) is 8.28. The van der Waals surface area contributed by atoms with Crippen LogP contribution in [0, 0.1) is 0 Å². The summed E-state index contributed by atoms with van der Waals surface area (Å²) in [5.74, 6) is 0. The number of rotatable bonds is 6. The average molecular weight is 250 g/mol. The fourth-order valence-electron chi connectivity index (χ4n) is 2.01. The van der Waals surface area contributed by atoms with Gasteiger partial charge >= 0.3 is 0 Å². The summed E-state index contributed by atoms with van der Waals surface area (Å²) in [6.07, 6.45) is 1.22. The van der Waals surface area contributed by atoms with Crippen LogP contribution in [0.4, 0.5) is 0 Å². The van der Waals surface area contributed by atoms with Gasteiger partial charge in [0.2, 0.25) is 0 Å². The van der Waals surface area contributed by atoms with E-state index in [1.54, 1.807) is 7.11 Å². The van der Waals surface area contributed by atoms with Crippen LogP contribution in [0.2, 0.25) is 0 Å². The van der Waals surface area contributed by atoms with Gasteiger partial charge in [0.1, 0.15) is 0 Å². The Balaban J connectivity index is 2.69. The highest BCUT2D eigenvalue weighted by Gasteiger charge is 2.31. The maximum absolute atomic E-state index is 10.4. The normalized spacial score (nSPS) is 14.6. The number of benzene rings is 1. The molecule has 0 amide bonds. The highest BCUT2D eigenvalue weighted by Crippen LogP contribution is 2.31. The third kappa shape index (κ3) is 3.82. The van der Waals surface area contributed by atoms with Crippen LogP contribution in [0.15, 0.2) is 30.3 Å². The third-order valence-electron chi connectivity index (χ3n) is 3.92. The average Bonchev–Trinajstić information content (AvgIpc) is 2.37. The molecule has 1 aromatic rings. The number of hydrogen-bond donors (Lipinski definition) is 1. The first kappa shape index (κ1) is 15.2. The highest BCUT2D eigenvalue weighted by atomic mass is 16.5. The predicted octanol–water partition coefficient (Wildman–Crippen LogP) is 3.53. The molecule has 0 saturated heterocycles. The van der Waals surface area contributed by atoms with Crippen LogP contribution < -0.4 is 0 Å². The van der Waals surface area contributed by atoms with E-state index in [4.69, 9.17) is 4.74 Å². The molecule has 1 unspecified atom stereocenters. The molecule has 0 radical (unpaired) electrons. The van der Waals surface area contributed by atoms with Gasteiger partial charge in [0, 0.05) is 12.5 Å². The molecule has 0 aliphatic rings. The number of hydrogen-bond acceptors (Lipinski definition) is 2. The van der Waals surface area contributed by atoms with E-state index in [2.05, 4.69) is 39.8 Å². The summed E-state index contributed by atoms with van der Waals surface area (Å²) in [6, 6.07) is 10.2. The lowest BCUT2D eigenvalue weighted by Crippen LogP contribution is -2.35. The molecule has 0 fully saturated rings. The van der Waals surface area contributed by atoms with Crippen LogP contribution in [-0.2, 0) is 10.2 Å². The van der Waals surface area contributed by atoms with E-state index in [1.165, 1.54) is 5.56 Å². The van der Waals surface area contributed by atoms with Gasteiger partial charge in [-0.05, 0) is 32.3 Å². The van der Waals surface area contributed by atoms with Crippen molar-refractivity contribution in [3.05, 3.63) is 35.9 Å². The molecule has 0 aliphatic heterocycles. The van der Waals surface area contributed by atoms with Gasteiger partial charge in [0.15, 0.2) is 0 Å². The Bertz CT molecular complexity index is 355. The maximum Gasteiger partial charge on any atom is 0.0632 e. The Morgan fingerprint density at radius 1 is 1.11 bits per heavy atom. The van der Waals surface area contributed by atoms with Crippen molar-refractivity contribution in [2.75, 3.05) is 7.11 Å². The molecule has 0 spiro atoms. The molecule has 0 bridgehead atoms. The van der Waals surface area contributed by atoms with Crippen LogP contribution in [0.3, 0.4) is 0 Å². The second-order valence-electron chi connectivity index (χ2n) is 6.11. The molecule has 1 aromatic carbocycles. The molecule has 2 nitrogen and oxygen atoms in total. The molecule has 1 atom stereocenters. The topological polar surface area (TPSA) is 29.5 Å². The van der Waals surface area contributed by atoms with Crippen LogP contribution in [0.5, 0.6) is 0 Å². The minimum absolute atomic E-state index is 0.173. The highest BCUT2D eigenvalue weighted by molar-refractivity contribution is 5.24. The second-order valence-corrected chi connectivity index (χ2v) is 6.11. The molecule has 1 rings (SSSR count). The Kier molecular flexibility index (Phi) is 4.94. The van der Waals surface area contributed by atoms with E-state index in [-0.39, 0.29) is 17.1 Å². The van der Waals surface area contributed by atoms with Crippen molar-refractivity contribution in [2.45, 2.75) is 57.7 Å². The van der Waals surface area contributed by atoms with Gasteiger partial charge in [-0.2, -0.15) is 0 Å². The van der Waals surface area contributed by atoms with E-state index in [9.17, 15) is 5.11 Å². The monoisotopic (exact) mass is 250 g/mol. The summed E-state index contributed by atoms with van der Waals surface area (Å²) in [5, 5.41) is 10.4. The summed E-state index contributed by atoms with van der Waals surface area (Å²) in [5.41, 5.74) is 0.770. The zero-order valence-electron chi connectivity index (χ0n) is 12.2. The first-order valence-corrected chi connectivity index (χ1v) is 6.58. The molecule has 0 aromatic heterocycles. The Morgan fingerprint density at radius 3 is 2.17 bits per heavy atom. The molecule has 0 heterocycles. The maximum atomic E-state index is 10.4. The zero-order chi connectivity index (χ0) is 13.8. The van der Waals surface area contributed by atoms with Crippen molar-refractivity contribution in [3.8, 4) is 0 Å². The lowest BCUT2D eigenvalue weighted by atomic mass is 9.77. The van der Waals surface area contributed by atoms with Crippen LogP contribution in [0.25, 0.3) is 0 Å². The molecule has 2 heteroatoms. The molecule has 1 N–H and O–H groups in total. The lowest BCUT2D eigenvalue weighted by molar-refractivity contribution is -0.00542. The van der Waals surface area contributed by atoms with E-state index in [0.717, 1.165) is 12.8 Å². The Morgan fingerprint density at radius 2 is 1.67 bits per heavy atom. The van der Waals surface area contributed by atoms with Crippen molar-refractivity contribution in [1.29, 1.82) is 0 Å². The molecular formula is C16H26O2. The third-order valence-corrected chi connectivity index (χ3v) is 3.92. The van der Waals surface area contributed by atoms with Crippen LogP contribution in [0.1, 0.15) is 46.1 Å². The smallest absolute Gasteiger partial charge is 0.0632 e. The van der Waals surface area contributed by atoms with Crippen molar-refractivity contribution in [1.82, 2.24) is 0 Å². The number of aliphatic hydroxyl groups is 1. The summed E-state index contributed by atoms with van der Waals surface area (Å²) < 4.78 is 5.40. The fraction of sp³-hybridized carbons (Fsp3) is 0.625. The molecular weight excluding hydrogens is 224 g/mol. The Labute approximate surface area is 111 Å². The predicted molar refractivity (Wildman–Crippen MR) is 75.8 cm³/mol.